The first-order chi connectivity index (χ1) is 7.92. The van der Waals surface area contributed by atoms with Crippen LogP contribution in [0.25, 0.3) is 0 Å². The lowest BCUT2D eigenvalue weighted by Gasteiger charge is -2.14. The zero-order valence-electron chi connectivity index (χ0n) is 10.0. The topological polar surface area (TPSA) is 43.4 Å². The van der Waals surface area contributed by atoms with E-state index in [1.807, 2.05) is 12.1 Å². The van der Waals surface area contributed by atoms with Crippen LogP contribution in [0.4, 0.5) is 0 Å². The van der Waals surface area contributed by atoms with E-state index in [1.54, 1.807) is 0 Å². The van der Waals surface area contributed by atoms with Crippen LogP contribution in [0.3, 0.4) is 0 Å². The fraction of sp³-hybridized carbons (Fsp3) is 0.500. The first kappa shape index (κ1) is 14.7. The Morgan fingerprint density at radius 3 is 2.35 bits per heavy atom. The van der Waals surface area contributed by atoms with Gasteiger partial charge in [-0.25, -0.2) is 0 Å². The lowest BCUT2D eigenvalue weighted by atomic mass is 9.94. The molecule has 1 unspecified atom stereocenters. The van der Waals surface area contributed by atoms with Crippen LogP contribution in [-0.2, 0) is 14.3 Å². The van der Waals surface area contributed by atoms with Crippen LogP contribution in [-0.4, -0.2) is 21.3 Å². The maximum Gasteiger partial charge on any atom is 0.264 e. The van der Waals surface area contributed by atoms with Crippen LogP contribution >= 0.6 is 15.9 Å². The standard InChI is InChI=1S/C12H17BrO3S/c1-3-10(8-9-16-17(2,14)15)11-4-6-12(13)7-5-11/h4-7,10H,3,8-9H2,1-2H3. The highest BCUT2D eigenvalue weighted by molar-refractivity contribution is 9.10. The molecule has 0 amide bonds. The van der Waals surface area contributed by atoms with Gasteiger partial charge in [0.2, 0.25) is 0 Å². The van der Waals surface area contributed by atoms with E-state index in [9.17, 15) is 8.42 Å². The van der Waals surface area contributed by atoms with Gasteiger partial charge in [0.1, 0.15) is 0 Å². The summed E-state index contributed by atoms with van der Waals surface area (Å²) >= 11 is 3.39. The highest BCUT2D eigenvalue weighted by atomic mass is 79.9. The predicted molar refractivity (Wildman–Crippen MR) is 72.6 cm³/mol. The molecular formula is C12H17BrO3S. The van der Waals surface area contributed by atoms with Crippen molar-refractivity contribution < 1.29 is 12.6 Å². The quantitative estimate of drug-likeness (QED) is 0.755. The monoisotopic (exact) mass is 320 g/mol. The average molecular weight is 321 g/mol. The Bertz CT molecular complexity index is 439. The van der Waals surface area contributed by atoms with Crippen LogP contribution in [0.15, 0.2) is 28.7 Å². The minimum absolute atomic E-state index is 0.243. The second-order valence-corrected chi connectivity index (χ2v) is 6.53. The Balaban J connectivity index is 2.57. The molecule has 1 rings (SSSR count). The van der Waals surface area contributed by atoms with Crippen molar-refractivity contribution in [3.8, 4) is 0 Å². The maximum atomic E-state index is 10.9. The molecule has 5 heteroatoms. The van der Waals surface area contributed by atoms with E-state index in [2.05, 4.69) is 35.0 Å². The molecular weight excluding hydrogens is 304 g/mol. The van der Waals surface area contributed by atoms with Crippen molar-refractivity contribution in [1.29, 1.82) is 0 Å². The van der Waals surface area contributed by atoms with Gasteiger partial charge in [0.15, 0.2) is 0 Å². The van der Waals surface area contributed by atoms with Crippen molar-refractivity contribution in [3.63, 3.8) is 0 Å². The largest absolute Gasteiger partial charge is 0.270 e. The number of halogens is 1. The van der Waals surface area contributed by atoms with Crippen molar-refractivity contribution in [2.24, 2.45) is 0 Å². The number of benzene rings is 1. The lowest BCUT2D eigenvalue weighted by Crippen LogP contribution is -2.08. The highest BCUT2D eigenvalue weighted by Gasteiger charge is 2.11. The summed E-state index contributed by atoms with van der Waals surface area (Å²) in [4.78, 5) is 0. The summed E-state index contributed by atoms with van der Waals surface area (Å²) in [5.74, 6) is 0.338. The summed E-state index contributed by atoms with van der Waals surface area (Å²) in [6.07, 6.45) is 2.76. The molecule has 0 spiro atoms. The van der Waals surface area contributed by atoms with E-state index in [4.69, 9.17) is 4.18 Å². The Labute approximate surface area is 111 Å². The fourth-order valence-electron chi connectivity index (χ4n) is 1.68. The van der Waals surface area contributed by atoms with E-state index in [-0.39, 0.29) is 6.61 Å². The molecule has 0 bridgehead atoms. The fourth-order valence-corrected chi connectivity index (χ4v) is 2.35. The third-order valence-electron chi connectivity index (χ3n) is 2.60. The number of hydrogen-bond donors (Lipinski definition) is 0. The summed E-state index contributed by atoms with van der Waals surface area (Å²) in [5, 5.41) is 0. The van der Waals surface area contributed by atoms with Gasteiger partial charge in [-0.05, 0) is 36.5 Å². The molecule has 1 atom stereocenters. The van der Waals surface area contributed by atoms with Crippen molar-refractivity contribution >= 4 is 26.0 Å². The molecule has 1 aromatic carbocycles. The maximum absolute atomic E-state index is 10.9. The predicted octanol–water partition coefficient (Wildman–Crippen LogP) is 3.31. The van der Waals surface area contributed by atoms with Gasteiger partial charge in [-0.3, -0.25) is 4.18 Å². The number of rotatable bonds is 6. The molecule has 96 valence electrons. The third-order valence-corrected chi connectivity index (χ3v) is 3.72. The van der Waals surface area contributed by atoms with Crippen molar-refractivity contribution in [3.05, 3.63) is 34.3 Å². The van der Waals surface area contributed by atoms with Crippen LogP contribution in [0.5, 0.6) is 0 Å². The molecule has 0 aliphatic heterocycles. The molecule has 17 heavy (non-hydrogen) atoms. The molecule has 0 saturated heterocycles. The molecule has 0 fully saturated rings. The minimum Gasteiger partial charge on any atom is -0.270 e. The van der Waals surface area contributed by atoms with Crippen LogP contribution in [0, 0.1) is 0 Å². The first-order valence-electron chi connectivity index (χ1n) is 5.52. The van der Waals surface area contributed by atoms with Gasteiger partial charge < -0.3 is 0 Å². The van der Waals surface area contributed by atoms with Crippen molar-refractivity contribution in [2.45, 2.75) is 25.7 Å². The lowest BCUT2D eigenvalue weighted by molar-refractivity contribution is 0.301. The zero-order chi connectivity index (χ0) is 12.9. The zero-order valence-corrected chi connectivity index (χ0v) is 12.4. The second-order valence-electron chi connectivity index (χ2n) is 3.97. The number of hydrogen-bond acceptors (Lipinski definition) is 3. The first-order valence-corrected chi connectivity index (χ1v) is 8.13. The van der Waals surface area contributed by atoms with Crippen molar-refractivity contribution in [2.75, 3.05) is 12.9 Å². The normalized spacial score (nSPS) is 13.6. The van der Waals surface area contributed by atoms with E-state index >= 15 is 0 Å². The Kier molecular flexibility index (Phi) is 5.62. The van der Waals surface area contributed by atoms with Gasteiger partial charge >= 0.3 is 0 Å². The van der Waals surface area contributed by atoms with E-state index in [1.165, 1.54) is 5.56 Å². The molecule has 0 heterocycles. The smallest absolute Gasteiger partial charge is 0.264 e. The molecule has 0 aliphatic carbocycles. The second kappa shape index (κ2) is 6.52. The Morgan fingerprint density at radius 2 is 1.88 bits per heavy atom. The van der Waals surface area contributed by atoms with Gasteiger partial charge in [-0.2, -0.15) is 8.42 Å². The molecule has 0 aromatic heterocycles. The van der Waals surface area contributed by atoms with Gasteiger partial charge in [0.05, 0.1) is 12.9 Å². The van der Waals surface area contributed by atoms with E-state index < -0.39 is 10.1 Å². The van der Waals surface area contributed by atoms with Crippen LogP contribution < -0.4 is 0 Å². The van der Waals surface area contributed by atoms with Gasteiger partial charge in [-0.15, -0.1) is 0 Å². The molecule has 0 saturated carbocycles. The Morgan fingerprint density at radius 1 is 1.29 bits per heavy atom. The van der Waals surface area contributed by atoms with E-state index in [0.717, 1.165) is 17.1 Å². The molecule has 1 aromatic rings. The van der Waals surface area contributed by atoms with Crippen LogP contribution in [0.1, 0.15) is 31.2 Å². The SMILES string of the molecule is CCC(CCOS(C)(=O)=O)c1ccc(Br)cc1. The minimum atomic E-state index is -3.32. The van der Waals surface area contributed by atoms with Crippen LogP contribution in [0.2, 0.25) is 0 Å². The average Bonchev–Trinajstić information content (AvgIpc) is 2.24. The summed E-state index contributed by atoms with van der Waals surface area (Å²) in [6.45, 7) is 2.33. The van der Waals surface area contributed by atoms with Gasteiger partial charge in [-0.1, -0.05) is 35.0 Å². The highest BCUT2D eigenvalue weighted by Crippen LogP contribution is 2.24. The summed E-state index contributed by atoms with van der Waals surface area (Å²) in [5.41, 5.74) is 1.22. The van der Waals surface area contributed by atoms with Crippen molar-refractivity contribution in [1.82, 2.24) is 0 Å². The van der Waals surface area contributed by atoms with Gasteiger partial charge in [0.25, 0.3) is 10.1 Å². The third kappa shape index (κ3) is 5.66. The molecule has 3 nitrogen and oxygen atoms in total. The summed E-state index contributed by atoms with van der Waals surface area (Å²) in [6, 6.07) is 8.10. The summed E-state index contributed by atoms with van der Waals surface area (Å²) < 4.78 is 27.5. The molecule has 0 N–H and O–H groups in total. The Hall–Kier alpha value is -0.390. The molecule has 0 aliphatic rings. The molecule has 0 radical (unpaired) electrons. The summed E-state index contributed by atoms with van der Waals surface area (Å²) in [7, 11) is -3.32. The van der Waals surface area contributed by atoms with E-state index in [0.29, 0.717) is 12.3 Å². The van der Waals surface area contributed by atoms with Gasteiger partial charge in [0, 0.05) is 4.47 Å².